The van der Waals surface area contributed by atoms with Gasteiger partial charge in [0.2, 0.25) is 0 Å². The number of hydrogen-bond acceptors (Lipinski definition) is 5. The van der Waals surface area contributed by atoms with Crippen LogP contribution in [0.2, 0.25) is 0 Å². The number of para-hydroxylation sites is 1. The lowest BCUT2D eigenvalue weighted by Crippen LogP contribution is -2.47. The fourth-order valence-corrected chi connectivity index (χ4v) is 6.04. The van der Waals surface area contributed by atoms with Gasteiger partial charge in [0.15, 0.2) is 0 Å². The van der Waals surface area contributed by atoms with E-state index in [4.69, 9.17) is 9.97 Å². The summed E-state index contributed by atoms with van der Waals surface area (Å²) in [5.41, 5.74) is 2.22. The number of thiophene rings is 1. The number of aryl methyl sites for hydroxylation is 2. The fourth-order valence-electron chi connectivity index (χ4n) is 4.77. The molecule has 150 valence electrons. The quantitative estimate of drug-likeness (QED) is 0.616. The molecule has 0 spiro atoms. The number of fused-ring (bicyclic) bond motifs is 3. The van der Waals surface area contributed by atoms with Crippen molar-refractivity contribution in [3.05, 3.63) is 46.3 Å². The monoisotopic (exact) mass is 408 g/mol. The van der Waals surface area contributed by atoms with Gasteiger partial charge in [-0.15, -0.1) is 11.3 Å². The van der Waals surface area contributed by atoms with Crippen LogP contribution in [0.5, 0.6) is 0 Å². The van der Waals surface area contributed by atoms with E-state index in [1.165, 1.54) is 52.8 Å². The van der Waals surface area contributed by atoms with Crippen LogP contribution in [0.3, 0.4) is 0 Å². The number of nitrogens with zero attached hydrogens (tertiary/aromatic N) is 4. The van der Waals surface area contributed by atoms with Crippen LogP contribution in [0.15, 0.2) is 24.3 Å². The van der Waals surface area contributed by atoms with E-state index in [1.54, 1.807) is 12.1 Å². The molecule has 4 nitrogen and oxygen atoms in total. The van der Waals surface area contributed by atoms with Crippen LogP contribution in [0, 0.1) is 5.82 Å². The SMILES string of the molecule is Fc1ccccc1N1CCN(c2nc(C3CC3)nc3sc4c(c23)CCCC4)CC1. The van der Waals surface area contributed by atoms with Gasteiger partial charge in [-0.2, -0.15) is 0 Å². The van der Waals surface area contributed by atoms with Crippen LogP contribution >= 0.6 is 11.3 Å². The number of benzene rings is 1. The molecule has 3 aromatic rings. The van der Waals surface area contributed by atoms with Crippen LogP contribution in [0.4, 0.5) is 15.9 Å². The lowest BCUT2D eigenvalue weighted by molar-refractivity contribution is 0.596. The van der Waals surface area contributed by atoms with Crippen molar-refractivity contribution in [1.82, 2.24) is 9.97 Å². The first kappa shape index (κ1) is 17.6. The lowest BCUT2D eigenvalue weighted by Gasteiger charge is -2.37. The predicted octanol–water partition coefficient (Wildman–Crippen LogP) is 4.91. The maximum atomic E-state index is 14.2. The standard InChI is InChI=1S/C23H25FN4S/c24-17-6-2-3-7-18(17)27-11-13-28(14-12-27)22-20-16-5-1-4-8-19(16)29-23(20)26-21(25-22)15-9-10-15/h2-3,6-7,15H,1,4-5,8-14H2. The second kappa shape index (κ2) is 6.94. The lowest BCUT2D eigenvalue weighted by atomic mass is 9.97. The van der Waals surface area contributed by atoms with E-state index in [0.717, 1.165) is 44.2 Å². The molecule has 0 amide bonds. The molecule has 1 aromatic carbocycles. The second-order valence-electron chi connectivity index (χ2n) is 8.50. The van der Waals surface area contributed by atoms with Gasteiger partial charge in [-0.3, -0.25) is 0 Å². The zero-order valence-corrected chi connectivity index (χ0v) is 17.3. The normalized spacial score (nSPS) is 19.6. The van der Waals surface area contributed by atoms with Crippen molar-refractivity contribution < 1.29 is 4.39 Å². The van der Waals surface area contributed by atoms with Crippen LogP contribution in [-0.4, -0.2) is 36.1 Å². The average Bonchev–Trinajstić information content (AvgIpc) is 3.54. The molecule has 2 aliphatic carbocycles. The van der Waals surface area contributed by atoms with E-state index >= 15 is 0 Å². The van der Waals surface area contributed by atoms with Crippen molar-refractivity contribution in [2.45, 2.75) is 44.4 Å². The minimum absolute atomic E-state index is 0.131. The van der Waals surface area contributed by atoms with Crippen LogP contribution < -0.4 is 9.80 Å². The highest BCUT2D eigenvalue weighted by atomic mass is 32.1. The first-order valence-electron chi connectivity index (χ1n) is 10.8. The third kappa shape index (κ3) is 3.08. The highest BCUT2D eigenvalue weighted by molar-refractivity contribution is 7.19. The fraction of sp³-hybridized carbons (Fsp3) is 0.478. The number of anilines is 2. The Kier molecular flexibility index (Phi) is 4.22. The summed E-state index contributed by atoms with van der Waals surface area (Å²) < 4.78 is 14.2. The van der Waals surface area contributed by atoms with Crippen molar-refractivity contribution in [1.29, 1.82) is 0 Å². The van der Waals surface area contributed by atoms with Gasteiger partial charge in [0.25, 0.3) is 0 Å². The summed E-state index contributed by atoms with van der Waals surface area (Å²) in [5, 5.41) is 1.31. The molecule has 0 N–H and O–H groups in total. The van der Waals surface area contributed by atoms with E-state index < -0.39 is 0 Å². The van der Waals surface area contributed by atoms with Crippen molar-refractivity contribution in [3.63, 3.8) is 0 Å². The van der Waals surface area contributed by atoms with Crippen molar-refractivity contribution in [2.75, 3.05) is 36.0 Å². The van der Waals surface area contributed by atoms with Crippen LogP contribution in [-0.2, 0) is 12.8 Å². The number of aromatic nitrogens is 2. The van der Waals surface area contributed by atoms with Crippen LogP contribution in [0.1, 0.15) is 47.9 Å². The van der Waals surface area contributed by atoms with E-state index in [1.807, 2.05) is 23.5 Å². The van der Waals surface area contributed by atoms with E-state index in [0.29, 0.717) is 11.6 Å². The van der Waals surface area contributed by atoms with E-state index in [-0.39, 0.29) is 5.82 Å². The zero-order chi connectivity index (χ0) is 19.4. The third-order valence-corrected chi connectivity index (χ3v) is 7.71. The molecule has 3 aliphatic rings. The Labute approximate surface area is 174 Å². The van der Waals surface area contributed by atoms with E-state index in [2.05, 4.69) is 9.80 Å². The number of hydrogen-bond donors (Lipinski definition) is 0. The van der Waals surface area contributed by atoms with Gasteiger partial charge < -0.3 is 9.80 Å². The molecule has 1 saturated carbocycles. The van der Waals surface area contributed by atoms with Gasteiger partial charge >= 0.3 is 0 Å². The van der Waals surface area contributed by atoms with Gasteiger partial charge in [-0.05, 0) is 56.2 Å². The van der Waals surface area contributed by atoms with E-state index in [9.17, 15) is 4.39 Å². The summed E-state index contributed by atoms with van der Waals surface area (Å²) in [4.78, 5) is 17.4. The van der Waals surface area contributed by atoms with Crippen molar-refractivity contribution in [2.24, 2.45) is 0 Å². The summed E-state index contributed by atoms with van der Waals surface area (Å²) in [7, 11) is 0. The molecule has 6 heteroatoms. The smallest absolute Gasteiger partial charge is 0.146 e. The molecular formula is C23H25FN4S. The first-order chi connectivity index (χ1) is 14.3. The molecule has 0 radical (unpaired) electrons. The average molecular weight is 409 g/mol. The van der Waals surface area contributed by atoms with Crippen molar-refractivity contribution >= 4 is 33.1 Å². The second-order valence-corrected chi connectivity index (χ2v) is 9.58. The largest absolute Gasteiger partial charge is 0.366 e. The highest BCUT2D eigenvalue weighted by Gasteiger charge is 2.31. The van der Waals surface area contributed by atoms with Gasteiger partial charge in [0, 0.05) is 37.0 Å². The summed E-state index contributed by atoms with van der Waals surface area (Å²) in [6.07, 6.45) is 7.34. The minimum atomic E-state index is -0.131. The Hall–Kier alpha value is -2.21. The van der Waals surface area contributed by atoms with Gasteiger partial charge in [0.1, 0.15) is 22.3 Å². The Bertz CT molecular complexity index is 1070. The van der Waals surface area contributed by atoms with Crippen LogP contribution in [0.25, 0.3) is 10.2 Å². The Balaban J connectivity index is 1.35. The maximum Gasteiger partial charge on any atom is 0.146 e. The molecule has 6 rings (SSSR count). The summed E-state index contributed by atoms with van der Waals surface area (Å²) in [6.45, 7) is 3.37. The highest BCUT2D eigenvalue weighted by Crippen LogP contribution is 2.44. The number of piperazine rings is 1. The topological polar surface area (TPSA) is 32.3 Å². The molecule has 0 atom stereocenters. The predicted molar refractivity (Wildman–Crippen MR) is 117 cm³/mol. The summed E-state index contributed by atoms with van der Waals surface area (Å²) >= 11 is 1.90. The van der Waals surface area contributed by atoms with Crippen molar-refractivity contribution in [3.8, 4) is 0 Å². The van der Waals surface area contributed by atoms with Gasteiger partial charge in [-0.1, -0.05) is 12.1 Å². The minimum Gasteiger partial charge on any atom is -0.366 e. The molecular weight excluding hydrogens is 383 g/mol. The molecule has 2 fully saturated rings. The summed E-state index contributed by atoms with van der Waals surface area (Å²) in [6, 6.07) is 7.10. The van der Waals surface area contributed by atoms with Gasteiger partial charge in [-0.25, -0.2) is 14.4 Å². The zero-order valence-electron chi connectivity index (χ0n) is 16.5. The molecule has 1 aliphatic heterocycles. The molecule has 0 unspecified atom stereocenters. The third-order valence-electron chi connectivity index (χ3n) is 6.53. The maximum absolute atomic E-state index is 14.2. The molecule has 0 bridgehead atoms. The number of rotatable bonds is 3. The Morgan fingerprint density at radius 1 is 0.931 bits per heavy atom. The molecule has 3 heterocycles. The number of halogens is 1. The summed E-state index contributed by atoms with van der Waals surface area (Å²) in [5.74, 6) is 2.61. The van der Waals surface area contributed by atoms with Gasteiger partial charge in [0.05, 0.1) is 11.1 Å². The molecule has 29 heavy (non-hydrogen) atoms. The Morgan fingerprint density at radius 2 is 1.69 bits per heavy atom. The first-order valence-corrected chi connectivity index (χ1v) is 11.7. The molecule has 2 aromatic heterocycles. The molecule has 1 saturated heterocycles. The Morgan fingerprint density at radius 3 is 2.48 bits per heavy atom.